The number of aromatic nitrogens is 3. The van der Waals surface area contributed by atoms with Gasteiger partial charge in [-0.05, 0) is 36.5 Å². The highest BCUT2D eigenvalue weighted by Gasteiger charge is 2.34. The van der Waals surface area contributed by atoms with Crippen LogP contribution in [0.1, 0.15) is 55.2 Å². The second kappa shape index (κ2) is 9.06. The van der Waals surface area contributed by atoms with Crippen molar-refractivity contribution in [3.8, 4) is 11.1 Å². The summed E-state index contributed by atoms with van der Waals surface area (Å²) in [6.45, 7) is 2.74. The average Bonchev–Trinajstić information content (AvgIpc) is 3.51. The third-order valence-corrected chi connectivity index (χ3v) is 6.72. The van der Waals surface area contributed by atoms with Crippen LogP contribution >= 0.6 is 0 Å². The number of rotatable bonds is 7. The van der Waals surface area contributed by atoms with Crippen LogP contribution in [0.15, 0.2) is 72.9 Å². The summed E-state index contributed by atoms with van der Waals surface area (Å²) in [5, 5.41) is 11.3. The van der Waals surface area contributed by atoms with E-state index in [0.717, 1.165) is 54.3 Å². The molecule has 1 fully saturated rings. The number of nitrogens with zero attached hydrogens (tertiary/aromatic N) is 3. The molecule has 33 heavy (non-hydrogen) atoms. The van der Waals surface area contributed by atoms with Crippen LogP contribution in [0.4, 0.5) is 5.82 Å². The maximum absolute atomic E-state index is 13.2. The van der Waals surface area contributed by atoms with E-state index < -0.39 is 0 Å². The Morgan fingerprint density at radius 3 is 2.39 bits per heavy atom. The molecule has 2 aromatic carbocycles. The van der Waals surface area contributed by atoms with Gasteiger partial charge in [-0.3, -0.25) is 4.79 Å². The van der Waals surface area contributed by atoms with Gasteiger partial charge in [-0.1, -0.05) is 80.4 Å². The Bertz CT molecular complexity index is 1240. The van der Waals surface area contributed by atoms with Gasteiger partial charge in [-0.15, -0.1) is 5.10 Å². The smallest absolute Gasteiger partial charge is 0.291 e. The highest BCUT2D eigenvalue weighted by molar-refractivity contribution is 5.94. The van der Waals surface area contributed by atoms with Crippen molar-refractivity contribution >= 4 is 17.2 Å². The first-order chi connectivity index (χ1) is 16.2. The lowest BCUT2D eigenvalue weighted by atomic mass is 9.94. The van der Waals surface area contributed by atoms with Crippen LogP contribution in [-0.2, 0) is 6.54 Å². The molecule has 2 aromatic heterocycles. The van der Waals surface area contributed by atoms with Crippen molar-refractivity contribution in [2.75, 3.05) is 5.32 Å². The van der Waals surface area contributed by atoms with E-state index in [1.165, 1.54) is 0 Å². The number of hydrogen-bond acceptors (Lipinski definition) is 4. The minimum Gasteiger partial charge on any atom is -0.364 e. The van der Waals surface area contributed by atoms with E-state index in [4.69, 9.17) is 4.98 Å². The lowest BCUT2D eigenvalue weighted by Crippen LogP contribution is -2.46. The molecule has 0 atom stereocenters. The Balaban J connectivity index is 1.54. The van der Waals surface area contributed by atoms with Gasteiger partial charge in [0.25, 0.3) is 5.91 Å². The fourth-order valence-corrected chi connectivity index (χ4v) is 4.79. The molecule has 4 aromatic rings. The van der Waals surface area contributed by atoms with E-state index in [9.17, 15) is 4.79 Å². The number of benzene rings is 2. The van der Waals surface area contributed by atoms with Crippen molar-refractivity contribution in [3.05, 3.63) is 84.3 Å². The van der Waals surface area contributed by atoms with Crippen molar-refractivity contribution in [2.45, 2.75) is 51.1 Å². The molecule has 0 aliphatic heterocycles. The zero-order valence-electron chi connectivity index (χ0n) is 18.9. The van der Waals surface area contributed by atoms with Crippen LogP contribution in [0.5, 0.6) is 0 Å². The molecule has 0 saturated heterocycles. The van der Waals surface area contributed by atoms with Crippen molar-refractivity contribution in [1.82, 2.24) is 19.9 Å². The Hall–Kier alpha value is -3.67. The maximum atomic E-state index is 13.2. The predicted octanol–water partition coefficient (Wildman–Crippen LogP) is 5.46. The molecular weight excluding hydrogens is 410 g/mol. The average molecular weight is 440 g/mol. The molecule has 0 radical (unpaired) electrons. The van der Waals surface area contributed by atoms with Crippen LogP contribution in [0.25, 0.3) is 16.6 Å². The van der Waals surface area contributed by atoms with E-state index in [0.29, 0.717) is 12.4 Å². The zero-order valence-corrected chi connectivity index (χ0v) is 18.9. The molecule has 6 nitrogen and oxygen atoms in total. The van der Waals surface area contributed by atoms with Crippen LogP contribution < -0.4 is 10.6 Å². The Morgan fingerprint density at radius 2 is 1.70 bits per heavy atom. The van der Waals surface area contributed by atoms with Gasteiger partial charge in [0.15, 0.2) is 5.82 Å². The lowest BCUT2D eigenvalue weighted by Gasteiger charge is -2.28. The standard InChI is InChI=1S/C27H29N5O/c1-2-27(16-9-10-17-27)30-26(33)25-29-24(28-19-20-11-5-3-6-12-20)23-22(15-18-32(23)31-25)21-13-7-4-8-14-21/h3-8,11-15,18H,2,9-10,16-17,19H2,1H3,(H,30,33)(H,28,29,31). The third kappa shape index (κ3) is 4.33. The minimum absolute atomic E-state index is 0.140. The summed E-state index contributed by atoms with van der Waals surface area (Å²) < 4.78 is 1.77. The molecule has 6 heteroatoms. The topological polar surface area (TPSA) is 71.3 Å². The summed E-state index contributed by atoms with van der Waals surface area (Å²) in [6, 6.07) is 22.4. The zero-order chi connectivity index (χ0) is 22.7. The van der Waals surface area contributed by atoms with Gasteiger partial charge in [-0.25, -0.2) is 9.50 Å². The van der Waals surface area contributed by atoms with Crippen molar-refractivity contribution in [3.63, 3.8) is 0 Å². The number of amides is 1. The number of carbonyl (C=O) groups excluding carboxylic acids is 1. The van der Waals surface area contributed by atoms with Gasteiger partial charge < -0.3 is 10.6 Å². The van der Waals surface area contributed by atoms with Crippen LogP contribution in [0.2, 0.25) is 0 Å². The van der Waals surface area contributed by atoms with Gasteiger partial charge >= 0.3 is 0 Å². The molecule has 1 aliphatic rings. The fraction of sp³-hybridized carbons (Fsp3) is 0.296. The van der Waals surface area contributed by atoms with E-state index >= 15 is 0 Å². The molecule has 2 N–H and O–H groups in total. The second-order valence-electron chi connectivity index (χ2n) is 8.81. The van der Waals surface area contributed by atoms with Crippen molar-refractivity contribution in [2.24, 2.45) is 0 Å². The SMILES string of the molecule is CCC1(NC(=O)c2nc(NCc3ccccc3)c3c(-c4ccccc4)ccn3n2)CCCC1. The normalized spacial score (nSPS) is 14.9. The van der Waals surface area contributed by atoms with Crippen molar-refractivity contribution in [1.29, 1.82) is 0 Å². The van der Waals surface area contributed by atoms with Gasteiger partial charge in [-0.2, -0.15) is 0 Å². The molecule has 1 saturated carbocycles. The number of hydrogen-bond donors (Lipinski definition) is 2. The van der Waals surface area contributed by atoms with Crippen LogP contribution in [0.3, 0.4) is 0 Å². The molecule has 0 spiro atoms. The van der Waals surface area contributed by atoms with Gasteiger partial charge in [0, 0.05) is 23.8 Å². The summed E-state index contributed by atoms with van der Waals surface area (Å²) in [7, 11) is 0. The van der Waals surface area contributed by atoms with E-state index in [2.05, 4.69) is 46.9 Å². The number of carbonyl (C=O) groups is 1. The monoisotopic (exact) mass is 439 g/mol. The predicted molar refractivity (Wildman–Crippen MR) is 131 cm³/mol. The lowest BCUT2D eigenvalue weighted by molar-refractivity contribution is 0.0884. The first-order valence-electron chi connectivity index (χ1n) is 11.7. The summed E-state index contributed by atoms with van der Waals surface area (Å²) in [5.41, 5.74) is 3.97. The Kier molecular flexibility index (Phi) is 5.82. The second-order valence-corrected chi connectivity index (χ2v) is 8.81. The van der Waals surface area contributed by atoms with E-state index in [1.807, 2.05) is 48.7 Å². The quantitative estimate of drug-likeness (QED) is 0.401. The summed E-state index contributed by atoms with van der Waals surface area (Å²) >= 11 is 0. The summed E-state index contributed by atoms with van der Waals surface area (Å²) in [6.07, 6.45) is 7.14. The van der Waals surface area contributed by atoms with Gasteiger partial charge in [0.05, 0.1) is 0 Å². The molecule has 5 rings (SSSR count). The van der Waals surface area contributed by atoms with Crippen molar-refractivity contribution < 1.29 is 4.79 Å². The van der Waals surface area contributed by atoms with Gasteiger partial charge in [0.1, 0.15) is 5.52 Å². The maximum Gasteiger partial charge on any atom is 0.291 e. The minimum atomic E-state index is -0.210. The Morgan fingerprint density at radius 1 is 1.00 bits per heavy atom. The van der Waals surface area contributed by atoms with Crippen LogP contribution in [-0.4, -0.2) is 26.0 Å². The summed E-state index contributed by atoms with van der Waals surface area (Å²) in [5.74, 6) is 0.631. The van der Waals surface area contributed by atoms with E-state index in [1.54, 1.807) is 4.52 Å². The molecular formula is C27H29N5O. The van der Waals surface area contributed by atoms with E-state index in [-0.39, 0.29) is 17.3 Å². The number of nitrogens with one attached hydrogen (secondary N) is 2. The van der Waals surface area contributed by atoms with Crippen LogP contribution in [0, 0.1) is 0 Å². The fourth-order valence-electron chi connectivity index (χ4n) is 4.79. The number of anilines is 1. The summed E-state index contributed by atoms with van der Waals surface area (Å²) in [4.78, 5) is 18.0. The highest BCUT2D eigenvalue weighted by Crippen LogP contribution is 2.33. The largest absolute Gasteiger partial charge is 0.364 e. The third-order valence-electron chi connectivity index (χ3n) is 6.72. The first kappa shape index (κ1) is 21.2. The number of fused-ring (bicyclic) bond motifs is 1. The molecule has 0 bridgehead atoms. The molecule has 168 valence electrons. The molecule has 1 amide bonds. The van der Waals surface area contributed by atoms with Gasteiger partial charge in [0.2, 0.25) is 5.82 Å². The first-order valence-corrected chi connectivity index (χ1v) is 11.7. The highest BCUT2D eigenvalue weighted by atomic mass is 16.2. The molecule has 0 unspecified atom stereocenters. The Labute approximate surface area is 194 Å². The molecule has 1 aliphatic carbocycles. The molecule has 2 heterocycles.